The van der Waals surface area contributed by atoms with E-state index in [1.54, 1.807) is 11.8 Å². The Morgan fingerprint density at radius 3 is 2.48 bits per heavy atom. The van der Waals surface area contributed by atoms with Crippen molar-refractivity contribution in [3.8, 4) is 0 Å². The maximum Gasteiger partial charge on any atom is 0.408 e. The smallest absolute Gasteiger partial charge is 0.377 e. The molecule has 0 spiro atoms. The lowest BCUT2D eigenvalue weighted by molar-refractivity contribution is -0.153. The molecule has 2 atom stereocenters. The van der Waals surface area contributed by atoms with Crippen molar-refractivity contribution < 1.29 is 26.8 Å². The van der Waals surface area contributed by atoms with Crippen molar-refractivity contribution >= 4 is 11.8 Å². The first-order valence-corrected chi connectivity index (χ1v) is 10.7. The Labute approximate surface area is 187 Å². The normalized spacial score (nSPS) is 21.9. The van der Waals surface area contributed by atoms with E-state index in [2.05, 4.69) is 15.1 Å². The molecule has 2 aliphatic heterocycles. The SMILES string of the molecule is C[C@@H]1COCCN1c1nc2n(c(=O)c1F)CC[C@@H](C(F)(F)F)N2Cc1nc(C(C)(C)C)no1. The average molecular weight is 474 g/mol. The Morgan fingerprint density at radius 2 is 1.88 bits per heavy atom. The number of hydrogen-bond acceptors (Lipinski definition) is 8. The number of nitrogens with zero attached hydrogens (tertiary/aromatic N) is 6. The molecule has 13 heteroatoms. The first kappa shape index (κ1) is 23.5. The topological polar surface area (TPSA) is 89.5 Å². The monoisotopic (exact) mass is 474 g/mol. The minimum atomic E-state index is -4.61. The van der Waals surface area contributed by atoms with E-state index in [1.807, 2.05) is 20.8 Å². The van der Waals surface area contributed by atoms with Gasteiger partial charge in [-0.3, -0.25) is 9.36 Å². The van der Waals surface area contributed by atoms with E-state index in [0.29, 0.717) is 5.82 Å². The minimum absolute atomic E-state index is 0.0533. The Bertz CT molecular complexity index is 1080. The zero-order valence-corrected chi connectivity index (χ0v) is 18.8. The molecule has 4 heterocycles. The van der Waals surface area contributed by atoms with Crippen molar-refractivity contribution in [2.24, 2.45) is 0 Å². The molecular formula is C20H26F4N6O3. The van der Waals surface area contributed by atoms with Crippen molar-refractivity contribution in [2.45, 2.75) is 70.9 Å². The highest BCUT2D eigenvalue weighted by molar-refractivity contribution is 5.48. The van der Waals surface area contributed by atoms with E-state index in [4.69, 9.17) is 9.26 Å². The summed E-state index contributed by atoms with van der Waals surface area (Å²) in [6.45, 7) is 7.39. The average Bonchev–Trinajstić information content (AvgIpc) is 3.20. The fraction of sp³-hybridized carbons (Fsp3) is 0.700. The summed E-state index contributed by atoms with van der Waals surface area (Å²) in [5.41, 5.74) is -1.48. The number of hydrogen-bond donors (Lipinski definition) is 0. The highest BCUT2D eigenvalue weighted by Crippen LogP contribution is 2.36. The summed E-state index contributed by atoms with van der Waals surface area (Å²) in [4.78, 5) is 23.7. The van der Waals surface area contributed by atoms with Crippen molar-refractivity contribution in [1.82, 2.24) is 19.7 Å². The third-order valence-electron chi connectivity index (χ3n) is 5.80. The maximum absolute atomic E-state index is 15.0. The Balaban J connectivity index is 1.80. The summed E-state index contributed by atoms with van der Waals surface area (Å²) < 4.78 is 68.4. The van der Waals surface area contributed by atoms with Crippen molar-refractivity contribution in [1.29, 1.82) is 0 Å². The van der Waals surface area contributed by atoms with E-state index < -0.39 is 42.0 Å². The number of fused-ring (bicyclic) bond motifs is 1. The summed E-state index contributed by atoms with van der Waals surface area (Å²) in [6.07, 6.45) is -5.05. The van der Waals surface area contributed by atoms with Crippen molar-refractivity contribution in [2.75, 3.05) is 29.6 Å². The molecule has 2 aromatic heterocycles. The van der Waals surface area contributed by atoms with Gasteiger partial charge >= 0.3 is 6.18 Å². The molecule has 0 amide bonds. The fourth-order valence-electron chi connectivity index (χ4n) is 4.00. The van der Waals surface area contributed by atoms with E-state index in [0.717, 1.165) is 9.47 Å². The molecule has 0 aromatic carbocycles. The fourth-order valence-corrected chi connectivity index (χ4v) is 4.00. The lowest BCUT2D eigenvalue weighted by Gasteiger charge is -2.40. The molecule has 0 bridgehead atoms. The molecule has 0 unspecified atom stereocenters. The molecule has 0 radical (unpaired) electrons. The van der Waals surface area contributed by atoms with Crippen LogP contribution in [0.1, 0.15) is 45.8 Å². The quantitative estimate of drug-likeness (QED) is 0.628. The van der Waals surface area contributed by atoms with Crippen molar-refractivity contribution in [3.05, 3.63) is 27.9 Å². The molecule has 2 aromatic rings. The van der Waals surface area contributed by atoms with Crippen LogP contribution in [0.5, 0.6) is 0 Å². The molecule has 4 rings (SSSR count). The van der Waals surface area contributed by atoms with Gasteiger partial charge in [0.1, 0.15) is 12.6 Å². The lowest BCUT2D eigenvalue weighted by atomic mass is 9.96. The number of rotatable bonds is 3. The third-order valence-corrected chi connectivity index (χ3v) is 5.80. The molecular weight excluding hydrogens is 448 g/mol. The van der Waals surface area contributed by atoms with Crippen LogP contribution in [-0.2, 0) is 23.2 Å². The standard InChI is InChI=1S/C20H26F4N6O3/c1-11-10-32-8-7-28(11)15-14(21)16(31)29-6-5-12(20(22,23)24)30(18(29)26-15)9-13-25-17(27-33-13)19(2,3)4/h11-12H,5-10H2,1-4H3/t11-,12+/m1/s1. The molecule has 1 fully saturated rings. The van der Waals surface area contributed by atoms with Gasteiger partial charge in [0, 0.05) is 18.5 Å². The van der Waals surface area contributed by atoms with Gasteiger partial charge in [-0.25, -0.2) is 0 Å². The van der Waals surface area contributed by atoms with E-state index >= 15 is 4.39 Å². The van der Waals surface area contributed by atoms with Gasteiger partial charge in [0.15, 0.2) is 11.6 Å². The van der Waals surface area contributed by atoms with Crippen molar-refractivity contribution in [3.63, 3.8) is 0 Å². The largest absolute Gasteiger partial charge is 0.408 e. The summed E-state index contributed by atoms with van der Waals surface area (Å²) in [6, 6.07) is -2.25. The number of alkyl halides is 3. The van der Waals surface area contributed by atoms with Gasteiger partial charge in [0.25, 0.3) is 5.56 Å². The molecule has 9 nitrogen and oxygen atoms in total. The third kappa shape index (κ3) is 4.42. The highest BCUT2D eigenvalue weighted by atomic mass is 19.4. The van der Waals surface area contributed by atoms with E-state index in [1.165, 1.54) is 0 Å². The second-order valence-electron chi connectivity index (χ2n) is 9.36. The minimum Gasteiger partial charge on any atom is -0.377 e. The molecule has 1 saturated heterocycles. The van der Waals surface area contributed by atoms with E-state index in [-0.39, 0.29) is 50.0 Å². The van der Waals surface area contributed by atoms with Gasteiger partial charge in [-0.2, -0.15) is 27.5 Å². The van der Waals surface area contributed by atoms with Crippen LogP contribution in [0, 0.1) is 5.82 Å². The molecule has 33 heavy (non-hydrogen) atoms. The molecule has 0 saturated carbocycles. The summed E-state index contributed by atoms with van der Waals surface area (Å²) in [7, 11) is 0. The molecule has 2 aliphatic rings. The summed E-state index contributed by atoms with van der Waals surface area (Å²) in [5, 5.41) is 3.86. The van der Waals surface area contributed by atoms with E-state index in [9.17, 15) is 18.0 Å². The van der Waals surface area contributed by atoms with Crippen LogP contribution in [0.4, 0.5) is 29.3 Å². The molecule has 0 aliphatic carbocycles. The lowest BCUT2D eigenvalue weighted by Crippen LogP contribution is -2.53. The highest BCUT2D eigenvalue weighted by Gasteiger charge is 2.48. The van der Waals surface area contributed by atoms with Crippen LogP contribution in [0.15, 0.2) is 9.32 Å². The van der Waals surface area contributed by atoms with Gasteiger partial charge in [0.05, 0.1) is 19.3 Å². The maximum atomic E-state index is 15.0. The number of halogens is 4. The van der Waals surface area contributed by atoms with Gasteiger partial charge in [-0.15, -0.1) is 0 Å². The van der Waals surface area contributed by atoms with Gasteiger partial charge < -0.3 is 19.1 Å². The van der Waals surface area contributed by atoms with Crippen LogP contribution in [0.2, 0.25) is 0 Å². The van der Waals surface area contributed by atoms with Crippen LogP contribution in [-0.4, -0.2) is 57.7 Å². The number of ether oxygens (including phenoxy) is 1. The summed E-state index contributed by atoms with van der Waals surface area (Å²) >= 11 is 0. The Kier molecular flexibility index (Phi) is 5.87. The zero-order valence-electron chi connectivity index (χ0n) is 18.8. The Hall–Kier alpha value is -2.70. The number of aromatic nitrogens is 4. The van der Waals surface area contributed by atoms with Crippen LogP contribution in [0.3, 0.4) is 0 Å². The molecule has 182 valence electrons. The van der Waals surface area contributed by atoms with Crippen LogP contribution in [0.25, 0.3) is 0 Å². The Morgan fingerprint density at radius 1 is 1.15 bits per heavy atom. The van der Waals surface area contributed by atoms with Gasteiger partial charge in [0.2, 0.25) is 17.7 Å². The number of morpholine rings is 1. The van der Waals surface area contributed by atoms with Gasteiger partial charge in [-0.05, 0) is 13.3 Å². The second-order valence-corrected chi connectivity index (χ2v) is 9.36. The van der Waals surface area contributed by atoms with Crippen LogP contribution >= 0.6 is 0 Å². The predicted molar refractivity (Wildman–Crippen MR) is 110 cm³/mol. The van der Waals surface area contributed by atoms with Gasteiger partial charge in [-0.1, -0.05) is 25.9 Å². The zero-order chi connectivity index (χ0) is 24.1. The first-order valence-electron chi connectivity index (χ1n) is 10.7. The molecule has 0 N–H and O–H groups in total. The second kappa shape index (κ2) is 8.26. The first-order chi connectivity index (χ1) is 15.4. The van der Waals surface area contributed by atoms with Crippen LogP contribution < -0.4 is 15.4 Å². The number of anilines is 2. The summed E-state index contributed by atoms with van der Waals surface area (Å²) in [5.74, 6) is -1.37. The predicted octanol–water partition coefficient (Wildman–Crippen LogP) is 2.63.